The van der Waals surface area contributed by atoms with Crippen LogP contribution in [0.3, 0.4) is 0 Å². The minimum absolute atomic E-state index is 0.0828. The number of halogens is 2. The predicted molar refractivity (Wildman–Crippen MR) is 111 cm³/mol. The molecular weight excluding hydrogens is 427 g/mol. The molecule has 2 aromatic rings. The molecule has 0 saturated carbocycles. The summed E-state index contributed by atoms with van der Waals surface area (Å²) in [5, 5.41) is 9.98. The van der Waals surface area contributed by atoms with E-state index in [1.807, 2.05) is 0 Å². The van der Waals surface area contributed by atoms with Gasteiger partial charge in [-0.3, -0.25) is 14.3 Å². The van der Waals surface area contributed by atoms with Gasteiger partial charge in [-0.1, -0.05) is 11.6 Å². The Morgan fingerprint density at radius 3 is 2.84 bits per heavy atom. The summed E-state index contributed by atoms with van der Waals surface area (Å²) in [5.41, 5.74) is 2.18. The lowest BCUT2D eigenvalue weighted by Gasteiger charge is -2.27. The number of urea groups is 1. The maximum absolute atomic E-state index is 13.3. The molecule has 4 amide bonds. The number of anilines is 1. The molecule has 1 aromatic heterocycles. The molecule has 0 spiro atoms. The minimum atomic E-state index is -0.568. The lowest BCUT2D eigenvalue weighted by molar-refractivity contribution is -0.133. The van der Waals surface area contributed by atoms with Gasteiger partial charge in [-0.05, 0) is 18.2 Å². The van der Waals surface area contributed by atoms with E-state index < -0.39 is 11.7 Å². The summed E-state index contributed by atoms with van der Waals surface area (Å²) in [6, 6.07) is 3.56. The highest BCUT2D eigenvalue weighted by Gasteiger charge is 2.34. The summed E-state index contributed by atoms with van der Waals surface area (Å²) >= 11 is 5.78. The van der Waals surface area contributed by atoms with Crippen molar-refractivity contribution in [2.45, 2.75) is 19.5 Å². The number of benzene rings is 1. The van der Waals surface area contributed by atoms with Crippen LogP contribution < -0.4 is 10.6 Å². The number of nitrogens with one attached hydrogen (secondary N) is 2. The third-order valence-electron chi connectivity index (χ3n) is 5.47. The van der Waals surface area contributed by atoms with Crippen molar-refractivity contribution < 1.29 is 18.8 Å². The molecule has 0 fully saturated rings. The highest BCUT2D eigenvalue weighted by atomic mass is 35.5. The monoisotopic (exact) mass is 448 g/mol. The Balaban J connectivity index is 1.54. The molecule has 1 aromatic carbocycles. The van der Waals surface area contributed by atoms with Crippen LogP contribution in [0.4, 0.5) is 14.9 Å². The van der Waals surface area contributed by atoms with Crippen molar-refractivity contribution in [3.63, 3.8) is 0 Å². The molecule has 1 unspecified atom stereocenters. The maximum Gasteiger partial charge on any atom is 0.322 e. The summed E-state index contributed by atoms with van der Waals surface area (Å²) in [6.07, 6.45) is 0.479. The van der Waals surface area contributed by atoms with Gasteiger partial charge < -0.3 is 20.4 Å². The first-order valence-corrected chi connectivity index (χ1v) is 10.2. The number of hydrogen-bond donors (Lipinski definition) is 2. The fourth-order valence-electron chi connectivity index (χ4n) is 3.87. The van der Waals surface area contributed by atoms with Crippen molar-refractivity contribution >= 4 is 35.1 Å². The quantitative estimate of drug-likeness (QED) is 0.730. The van der Waals surface area contributed by atoms with Gasteiger partial charge in [-0.15, -0.1) is 0 Å². The van der Waals surface area contributed by atoms with Gasteiger partial charge >= 0.3 is 6.03 Å². The van der Waals surface area contributed by atoms with Crippen molar-refractivity contribution in [2.75, 3.05) is 32.5 Å². The number of carbonyl (C=O) groups excluding carboxylic acids is 3. The van der Waals surface area contributed by atoms with Gasteiger partial charge in [0.1, 0.15) is 11.5 Å². The first-order chi connectivity index (χ1) is 14.7. The first kappa shape index (κ1) is 21.1. The average Bonchev–Trinajstić information content (AvgIpc) is 3.01. The molecule has 0 saturated heterocycles. The molecule has 0 radical (unpaired) electrons. The van der Waals surface area contributed by atoms with E-state index in [-0.39, 0.29) is 36.0 Å². The number of amides is 4. The topological polar surface area (TPSA) is 99.6 Å². The number of aromatic nitrogens is 2. The Morgan fingerprint density at radius 1 is 1.35 bits per heavy atom. The van der Waals surface area contributed by atoms with Crippen LogP contribution >= 0.6 is 11.6 Å². The Morgan fingerprint density at radius 2 is 2.13 bits per heavy atom. The summed E-state index contributed by atoms with van der Waals surface area (Å²) in [6.45, 7) is 1.12. The summed E-state index contributed by atoms with van der Waals surface area (Å²) in [4.78, 5) is 40.9. The molecule has 3 heterocycles. The molecule has 11 heteroatoms. The van der Waals surface area contributed by atoms with Gasteiger partial charge in [0.05, 0.1) is 29.7 Å². The van der Waals surface area contributed by atoms with Gasteiger partial charge in [0, 0.05) is 44.9 Å². The van der Waals surface area contributed by atoms with Crippen LogP contribution in [0, 0.1) is 11.7 Å². The molecule has 2 aliphatic rings. The predicted octanol–water partition coefficient (Wildman–Crippen LogP) is 1.71. The van der Waals surface area contributed by atoms with E-state index in [1.165, 1.54) is 23.1 Å². The maximum atomic E-state index is 13.3. The zero-order valence-corrected chi connectivity index (χ0v) is 17.9. The second-order valence-electron chi connectivity index (χ2n) is 7.83. The molecule has 4 rings (SSSR count). The molecular formula is C20H22ClFN6O3. The fraction of sp³-hybridized carbons (Fsp3) is 0.400. The van der Waals surface area contributed by atoms with Crippen LogP contribution in [0.5, 0.6) is 0 Å². The standard InChI is InChI=1S/C20H22ClFN6O3/c1-26(2)19(30)11-8-23-18(29)17-13-10-27(6-5-16(13)25-28(17)9-11)20(31)24-12-3-4-15(22)14(21)7-12/h3-4,7,11H,5-6,8-10H2,1-2H3,(H,23,29)(H,24,31). The van der Waals surface area contributed by atoms with Crippen LogP contribution in [0.1, 0.15) is 21.7 Å². The molecule has 31 heavy (non-hydrogen) atoms. The largest absolute Gasteiger partial charge is 0.350 e. The Kier molecular flexibility index (Phi) is 5.57. The number of hydrogen-bond acceptors (Lipinski definition) is 4. The van der Waals surface area contributed by atoms with Gasteiger partial charge in [-0.25, -0.2) is 9.18 Å². The van der Waals surface area contributed by atoms with Crippen molar-refractivity contribution in [3.05, 3.63) is 46.0 Å². The van der Waals surface area contributed by atoms with Crippen LogP contribution in [0.2, 0.25) is 5.02 Å². The lowest BCUT2D eigenvalue weighted by atomic mass is 10.1. The number of nitrogens with zero attached hydrogens (tertiary/aromatic N) is 4. The SMILES string of the molecule is CN(C)C(=O)C1CNC(=O)c2c3c(nn2C1)CCN(C(=O)Nc1ccc(F)c(Cl)c1)C3. The van der Waals surface area contributed by atoms with Crippen molar-refractivity contribution in [1.29, 1.82) is 0 Å². The molecule has 2 aliphatic heterocycles. The molecule has 9 nitrogen and oxygen atoms in total. The zero-order chi connectivity index (χ0) is 22.3. The second kappa shape index (κ2) is 8.18. The number of rotatable bonds is 2. The highest BCUT2D eigenvalue weighted by Crippen LogP contribution is 2.26. The second-order valence-corrected chi connectivity index (χ2v) is 8.23. The van der Waals surface area contributed by atoms with Gasteiger partial charge in [-0.2, -0.15) is 5.10 Å². The number of fused-ring (bicyclic) bond motifs is 3. The minimum Gasteiger partial charge on any atom is -0.350 e. The van der Waals surface area contributed by atoms with E-state index in [0.29, 0.717) is 36.5 Å². The highest BCUT2D eigenvalue weighted by molar-refractivity contribution is 6.31. The summed E-state index contributed by atoms with van der Waals surface area (Å²) in [5.74, 6) is -1.37. The third-order valence-corrected chi connectivity index (χ3v) is 5.76. The lowest BCUT2D eigenvalue weighted by Crippen LogP contribution is -2.40. The van der Waals surface area contributed by atoms with Crippen LogP contribution in [-0.4, -0.2) is 64.6 Å². The van der Waals surface area contributed by atoms with Gasteiger partial charge in [0.2, 0.25) is 5.91 Å². The van der Waals surface area contributed by atoms with E-state index >= 15 is 0 Å². The summed E-state index contributed by atoms with van der Waals surface area (Å²) < 4.78 is 14.9. The fourth-order valence-corrected chi connectivity index (χ4v) is 4.05. The molecule has 0 aliphatic carbocycles. The summed E-state index contributed by atoms with van der Waals surface area (Å²) in [7, 11) is 3.35. The van der Waals surface area contributed by atoms with E-state index in [4.69, 9.17) is 11.6 Å². The third kappa shape index (κ3) is 4.07. The molecule has 164 valence electrons. The Bertz CT molecular complexity index is 1070. The Labute approximate surface area is 183 Å². The van der Waals surface area contributed by atoms with E-state index in [1.54, 1.807) is 23.7 Å². The van der Waals surface area contributed by atoms with Crippen molar-refractivity contribution in [3.8, 4) is 0 Å². The van der Waals surface area contributed by atoms with Crippen LogP contribution in [-0.2, 0) is 24.3 Å². The van der Waals surface area contributed by atoms with Gasteiger partial charge in [0.15, 0.2) is 0 Å². The van der Waals surface area contributed by atoms with Crippen LogP contribution in [0.15, 0.2) is 18.2 Å². The van der Waals surface area contributed by atoms with E-state index in [0.717, 1.165) is 5.69 Å². The smallest absolute Gasteiger partial charge is 0.322 e. The van der Waals surface area contributed by atoms with Gasteiger partial charge in [0.25, 0.3) is 5.91 Å². The van der Waals surface area contributed by atoms with Crippen molar-refractivity contribution in [1.82, 2.24) is 24.9 Å². The average molecular weight is 449 g/mol. The first-order valence-electron chi connectivity index (χ1n) is 9.83. The van der Waals surface area contributed by atoms with Crippen molar-refractivity contribution in [2.24, 2.45) is 5.92 Å². The van der Waals surface area contributed by atoms with E-state index in [9.17, 15) is 18.8 Å². The van der Waals surface area contributed by atoms with E-state index in [2.05, 4.69) is 15.7 Å². The Hall–Kier alpha value is -3.14. The molecule has 2 N–H and O–H groups in total. The van der Waals surface area contributed by atoms with Crippen LogP contribution in [0.25, 0.3) is 0 Å². The molecule has 1 atom stereocenters. The zero-order valence-electron chi connectivity index (χ0n) is 17.1. The molecule has 0 bridgehead atoms. The number of carbonyl (C=O) groups is 3. The normalized spacial score (nSPS) is 17.9.